The van der Waals surface area contributed by atoms with E-state index in [4.69, 9.17) is 9.47 Å². The number of carbonyl (C=O) groups excluding carboxylic acids is 1. The topological polar surface area (TPSA) is 96.2 Å². The van der Waals surface area contributed by atoms with E-state index >= 15 is 0 Å². The third-order valence-corrected chi connectivity index (χ3v) is 2.70. The number of ether oxygens (including phenoxy) is 2. The molecule has 2 rings (SSSR count). The van der Waals surface area contributed by atoms with Gasteiger partial charge in [0.1, 0.15) is 12.2 Å². The van der Waals surface area contributed by atoms with Crippen LogP contribution >= 0.6 is 0 Å². The normalized spacial score (nSPS) is 31.9. The van der Waals surface area contributed by atoms with Crippen molar-refractivity contribution in [3.63, 3.8) is 0 Å². The number of esters is 1. The Morgan fingerprint density at radius 2 is 1.89 bits per heavy atom. The van der Waals surface area contributed by atoms with Gasteiger partial charge in [0.2, 0.25) is 0 Å². The third-order valence-electron chi connectivity index (χ3n) is 2.70. The zero-order valence-electron chi connectivity index (χ0n) is 9.47. The zero-order chi connectivity index (χ0) is 13.1. The SMILES string of the molecule is O=C(OC1C(O)OCC(O)C1O)c1ccccc1. The molecule has 1 aliphatic rings. The second-order valence-electron chi connectivity index (χ2n) is 4.02. The van der Waals surface area contributed by atoms with Crippen molar-refractivity contribution in [1.29, 1.82) is 0 Å². The summed E-state index contributed by atoms with van der Waals surface area (Å²) in [6.07, 6.45) is -5.32. The minimum Gasteiger partial charge on any atom is -0.450 e. The van der Waals surface area contributed by atoms with Crippen LogP contribution in [-0.4, -0.2) is 52.5 Å². The van der Waals surface area contributed by atoms with Crippen LogP contribution in [0.25, 0.3) is 0 Å². The first-order chi connectivity index (χ1) is 8.59. The summed E-state index contributed by atoms with van der Waals surface area (Å²) >= 11 is 0. The Morgan fingerprint density at radius 3 is 2.56 bits per heavy atom. The van der Waals surface area contributed by atoms with Crippen LogP contribution in [-0.2, 0) is 9.47 Å². The first-order valence-electron chi connectivity index (χ1n) is 5.51. The molecular formula is C12H14O6. The van der Waals surface area contributed by atoms with E-state index in [2.05, 4.69) is 0 Å². The van der Waals surface area contributed by atoms with Crippen molar-refractivity contribution in [2.75, 3.05) is 6.61 Å². The number of rotatable bonds is 2. The molecule has 1 saturated heterocycles. The molecule has 0 bridgehead atoms. The van der Waals surface area contributed by atoms with Gasteiger partial charge in [-0.25, -0.2) is 4.79 Å². The Labute approximate surface area is 103 Å². The van der Waals surface area contributed by atoms with Crippen LogP contribution in [0.4, 0.5) is 0 Å². The summed E-state index contributed by atoms with van der Waals surface area (Å²) in [6.45, 7) is -0.207. The fourth-order valence-corrected chi connectivity index (χ4v) is 1.67. The molecule has 1 heterocycles. The number of aliphatic hydroxyl groups is 3. The van der Waals surface area contributed by atoms with E-state index in [0.717, 1.165) is 0 Å². The van der Waals surface area contributed by atoms with Crippen molar-refractivity contribution in [3.8, 4) is 0 Å². The lowest BCUT2D eigenvalue weighted by atomic mass is 10.1. The second kappa shape index (κ2) is 5.45. The monoisotopic (exact) mass is 254 g/mol. The summed E-state index contributed by atoms with van der Waals surface area (Å²) in [4.78, 5) is 11.7. The van der Waals surface area contributed by atoms with Gasteiger partial charge in [-0.1, -0.05) is 18.2 Å². The molecule has 0 aromatic heterocycles. The Bertz CT molecular complexity index is 406. The van der Waals surface area contributed by atoms with E-state index in [0.29, 0.717) is 0 Å². The zero-order valence-corrected chi connectivity index (χ0v) is 9.47. The fraction of sp³-hybridized carbons (Fsp3) is 0.417. The van der Waals surface area contributed by atoms with Crippen molar-refractivity contribution in [2.24, 2.45) is 0 Å². The van der Waals surface area contributed by atoms with Crippen LogP contribution in [0.2, 0.25) is 0 Å². The maximum Gasteiger partial charge on any atom is 0.338 e. The summed E-state index contributed by atoms with van der Waals surface area (Å²) in [5.41, 5.74) is 0.289. The van der Waals surface area contributed by atoms with Gasteiger partial charge in [0.25, 0.3) is 0 Å². The molecule has 0 saturated carbocycles. The molecule has 0 amide bonds. The highest BCUT2D eigenvalue weighted by Gasteiger charge is 2.40. The average molecular weight is 254 g/mol. The Balaban J connectivity index is 2.06. The van der Waals surface area contributed by atoms with Crippen molar-refractivity contribution < 1.29 is 29.6 Å². The fourth-order valence-electron chi connectivity index (χ4n) is 1.67. The molecule has 1 aromatic rings. The van der Waals surface area contributed by atoms with E-state index in [1.54, 1.807) is 30.3 Å². The maximum absolute atomic E-state index is 11.7. The number of carbonyl (C=O) groups is 1. The quantitative estimate of drug-likeness (QED) is 0.603. The van der Waals surface area contributed by atoms with Crippen LogP contribution < -0.4 is 0 Å². The van der Waals surface area contributed by atoms with Gasteiger partial charge in [-0.05, 0) is 12.1 Å². The highest BCUT2D eigenvalue weighted by atomic mass is 16.7. The first kappa shape index (κ1) is 13.0. The Kier molecular flexibility index (Phi) is 3.93. The third kappa shape index (κ3) is 2.68. The van der Waals surface area contributed by atoms with Crippen molar-refractivity contribution in [2.45, 2.75) is 24.6 Å². The molecule has 0 spiro atoms. The van der Waals surface area contributed by atoms with E-state index in [1.807, 2.05) is 0 Å². The van der Waals surface area contributed by atoms with Crippen molar-refractivity contribution in [3.05, 3.63) is 35.9 Å². The van der Waals surface area contributed by atoms with Gasteiger partial charge < -0.3 is 24.8 Å². The molecule has 6 heteroatoms. The van der Waals surface area contributed by atoms with Gasteiger partial charge >= 0.3 is 5.97 Å². The first-order valence-corrected chi connectivity index (χ1v) is 5.51. The molecule has 1 aromatic carbocycles. The van der Waals surface area contributed by atoms with Gasteiger partial charge in [-0.3, -0.25) is 0 Å². The van der Waals surface area contributed by atoms with Gasteiger partial charge in [-0.15, -0.1) is 0 Å². The van der Waals surface area contributed by atoms with Gasteiger partial charge in [0.15, 0.2) is 12.4 Å². The lowest BCUT2D eigenvalue weighted by molar-refractivity contribution is -0.251. The van der Waals surface area contributed by atoms with Crippen LogP contribution in [0.15, 0.2) is 30.3 Å². The lowest BCUT2D eigenvalue weighted by Gasteiger charge is -2.34. The van der Waals surface area contributed by atoms with E-state index < -0.39 is 30.6 Å². The Morgan fingerprint density at radius 1 is 1.22 bits per heavy atom. The van der Waals surface area contributed by atoms with Crippen molar-refractivity contribution in [1.82, 2.24) is 0 Å². The minimum atomic E-state index is -1.45. The number of benzene rings is 1. The van der Waals surface area contributed by atoms with Crippen LogP contribution in [0.1, 0.15) is 10.4 Å². The average Bonchev–Trinajstić information content (AvgIpc) is 2.40. The summed E-state index contributed by atoms with van der Waals surface area (Å²) in [6, 6.07) is 8.15. The largest absolute Gasteiger partial charge is 0.450 e. The summed E-state index contributed by atoms with van der Waals surface area (Å²) in [7, 11) is 0. The lowest BCUT2D eigenvalue weighted by Crippen LogP contribution is -2.54. The molecule has 18 heavy (non-hydrogen) atoms. The minimum absolute atomic E-state index is 0.207. The molecular weight excluding hydrogens is 240 g/mol. The molecule has 3 N–H and O–H groups in total. The van der Waals surface area contributed by atoms with Gasteiger partial charge in [-0.2, -0.15) is 0 Å². The van der Waals surface area contributed by atoms with E-state index in [1.165, 1.54) is 0 Å². The molecule has 4 unspecified atom stereocenters. The van der Waals surface area contributed by atoms with Gasteiger partial charge in [0.05, 0.1) is 12.2 Å². The van der Waals surface area contributed by atoms with E-state index in [9.17, 15) is 20.1 Å². The summed E-state index contributed by atoms with van der Waals surface area (Å²) in [5.74, 6) is -0.698. The number of hydrogen-bond donors (Lipinski definition) is 3. The van der Waals surface area contributed by atoms with Crippen LogP contribution in [0, 0.1) is 0 Å². The predicted octanol–water partition coefficient (Wildman–Crippen LogP) is -0.718. The molecule has 1 fully saturated rings. The Hall–Kier alpha value is -1.47. The summed E-state index contributed by atoms with van der Waals surface area (Å²) < 4.78 is 9.73. The predicted molar refractivity (Wildman–Crippen MR) is 59.6 cm³/mol. The molecule has 0 radical (unpaired) electrons. The standard InChI is InChI=1S/C12H14O6/c13-8-6-17-12(16)10(9(8)14)18-11(15)7-4-2-1-3-5-7/h1-5,8-10,12-14,16H,6H2. The van der Waals surface area contributed by atoms with E-state index in [-0.39, 0.29) is 12.2 Å². The summed E-state index contributed by atoms with van der Waals surface area (Å²) in [5, 5.41) is 28.5. The maximum atomic E-state index is 11.7. The van der Waals surface area contributed by atoms with Gasteiger partial charge in [0, 0.05) is 0 Å². The number of aliphatic hydroxyl groups excluding tert-OH is 3. The highest BCUT2D eigenvalue weighted by molar-refractivity contribution is 5.89. The number of hydrogen-bond acceptors (Lipinski definition) is 6. The van der Waals surface area contributed by atoms with Crippen molar-refractivity contribution >= 4 is 5.97 Å². The molecule has 4 atom stereocenters. The molecule has 6 nitrogen and oxygen atoms in total. The molecule has 1 aliphatic heterocycles. The van der Waals surface area contributed by atoms with Crippen LogP contribution in [0.3, 0.4) is 0 Å². The highest BCUT2D eigenvalue weighted by Crippen LogP contribution is 2.18. The molecule has 0 aliphatic carbocycles. The van der Waals surface area contributed by atoms with Crippen LogP contribution in [0.5, 0.6) is 0 Å². The second-order valence-corrected chi connectivity index (χ2v) is 4.02. The smallest absolute Gasteiger partial charge is 0.338 e. The molecule has 98 valence electrons.